The van der Waals surface area contributed by atoms with E-state index in [-0.39, 0.29) is 6.04 Å². The van der Waals surface area contributed by atoms with E-state index in [2.05, 4.69) is 45.9 Å². The third kappa shape index (κ3) is 4.45. The predicted molar refractivity (Wildman–Crippen MR) is 120 cm³/mol. The molecule has 0 unspecified atom stereocenters. The quantitative estimate of drug-likeness (QED) is 0.643. The largest absolute Gasteiger partial charge is 0.346 e. The number of likely N-dealkylation sites (N-methyl/N-ethyl adjacent to an activating group) is 1. The SMILES string of the molecule is CN(C(=O)C(=O)NC[C@H](c1cccs1)N1CCc2ccccc2C1)c1ccccc1. The van der Waals surface area contributed by atoms with Gasteiger partial charge in [-0.15, -0.1) is 11.3 Å². The van der Waals surface area contributed by atoms with Gasteiger partial charge in [0.2, 0.25) is 0 Å². The monoisotopic (exact) mass is 419 g/mol. The molecule has 154 valence electrons. The van der Waals surface area contributed by atoms with Crippen molar-refractivity contribution in [3.05, 3.63) is 88.1 Å². The minimum atomic E-state index is -0.583. The van der Waals surface area contributed by atoms with Crippen LogP contribution in [-0.4, -0.2) is 36.9 Å². The second kappa shape index (κ2) is 9.24. The van der Waals surface area contributed by atoms with Gasteiger partial charge < -0.3 is 10.2 Å². The number of fused-ring (bicyclic) bond motifs is 1. The van der Waals surface area contributed by atoms with Crippen molar-refractivity contribution in [1.82, 2.24) is 10.2 Å². The van der Waals surface area contributed by atoms with Crippen molar-refractivity contribution in [3.8, 4) is 0 Å². The number of benzene rings is 2. The molecule has 5 nitrogen and oxygen atoms in total. The Hall–Kier alpha value is -2.96. The zero-order chi connectivity index (χ0) is 20.9. The maximum Gasteiger partial charge on any atom is 0.316 e. The van der Waals surface area contributed by atoms with Crippen molar-refractivity contribution < 1.29 is 9.59 Å². The highest BCUT2D eigenvalue weighted by molar-refractivity contribution is 7.10. The van der Waals surface area contributed by atoms with Crippen LogP contribution in [0.3, 0.4) is 0 Å². The van der Waals surface area contributed by atoms with Crippen molar-refractivity contribution in [3.63, 3.8) is 0 Å². The lowest BCUT2D eigenvalue weighted by atomic mass is 9.98. The molecule has 2 amide bonds. The number of carbonyl (C=O) groups excluding carboxylic acids is 2. The maximum atomic E-state index is 12.6. The summed E-state index contributed by atoms with van der Waals surface area (Å²) in [6.07, 6.45) is 0.988. The topological polar surface area (TPSA) is 52.7 Å². The molecule has 1 aromatic heterocycles. The molecule has 2 aromatic carbocycles. The van der Waals surface area contributed by atoms with E-state index in [1.165, 1.54) is 20.9 Å². The molecule has 1 aliphatic heterocycles. The van der Waals surface area contributed by atoms with E-state index in [4.69, 9.17) is 0 Å². The molecule has 0 bridgehead atoms. The van der Waals surface area contributed by atoms with Crippen molar-refractivity contribution in [2.45, 2.75) is 19.0 Å². The number of rotatable bonds is 5. The van der Waals surface area contributed by atoms with Crippen LogP contribution in [0.25, 0.3) is 0 Å². The Bertz CT molecular complexity index is 1000. The minimum absolute atomic E-state index is 0.0390. The Morgan fingerprint density at radius 2 is 1.77 bits per heavy atom. The molecule has 4 rings (SSSR count). The lowest BCUT2D eigenvalue weighted by molar-refractivity contribution is -0.137. The van der Waals surface area contributed by atoms with Crippen LogP contribution in [0.1, 0.15) is 22.0 Å². The minimum Gasteiger partial charge on any atom is -0.346 e. The number of anilines is 1. The molecular formula is C24H25N3O2S. The van der Waals surface area contributed by atoms with Gasteiger partial charge >= 0.3 is 11.8 Å². The van der Waals surface area contributed by atoms with Gasteiger partial charge in [-0.05, 0) is 41.1 Å². The normalized spacial score (nSPS) is 14.6. The van der Waals surface area contributed by atoms with Crippen molar-refractivity contribution in [2.75, 3.05) is 25.0 Å². The van der Waals surface area contributed by atoms with Crippen molar-refractivity contribution >= 4 is 28.8 Å². The summed E-state index contributed by atoms with van der Waals surface area (Å²) in [6.45, 7) is 2.16. The highest BCUT2D eigenvalue weighted by Gasteiger charge is 2.27. The van der Waals surface area contributed by atoms with Gasteiger partial charge in [-0.2, -0.15) is 0 Å². The summed E-state index contributed by atoms with van der Waals surface area (Å²) in [5.41, 5.74) is 3.42. The first kappa shape index (κ1) is 20.3. The van der Waals surface area contributed by atoms with Gasteiger partial charge in [0.15, 0.2) is 0 Å². The lowest BCUT2D eigenvalue weighted by Crippen LogP contribution is -2.45. The molecule has 0 saturated heterocycles. The van der Waals surface area contributed by atoms with Crippen LogP contribution in [0.2, 0.25) is 0 Å². The first-order chi connectivity index (χ1) is 14.6. The molecule has 0 spiro atoms. The van der Waals surface area contributed by atoms with Gasteiger partial charge in [0.1, 0.15) is 0 Å². The molecule has 6 heteroatoms. The molecule has 0 saturated carbocycles. The van der Waals surface area contributed by atoms with Crippen LogP contribution in [0.15, 0.2) is 72.1 Å². The molecule has 3 aromatic rings. The Labute approximate surface area is 180 Å². The van der Waals surface area contributed by atoms with Gasteiger partial charge in [-0.1, -0.05) is 48.5 Å². The van der Waals surface area contributed by atoms with Crippen LogP contribution in [-0.2, 0) is 22.6 Å². The number of para-hydroxylation sites is 1. The number of carbonyl (C=O) groups is 2. The molecule has 1 atom stereocenters. The molecule has 1 aliphatic rings. The summed E-state index contributed by atoms with van der Waals surface area (Å²) < 4.78 is 0. The summed E-state index contributed by atoms with van der Waals surface area (Å²) in [5, 5.41) is 4.93. The maximum absolute atomic E-state index is 12.6. The van der Waals surface area contributed by atoms with E-state index in [1.807, 2.05) is 36.4 Å². The lowest BCUT2D eigenvalue weighted by Gasteiger charge is -2.35. The molecular weight excluding hydrogens is 394 g/mol. The summed E-state index contributed by atoms with van der Waals surface area (Å²) in [6, 6.07) is 21.9. The summed E-state index contributed by atoms with van der Waals surface area (Å²) in [5.74, 6) is -1.14. The summed E-state index contributed by atoms with van der Waals surface area (Å²) >= 11 is 1.68. The van der Waals surface area contributed by atoms with E-state index in [1.54, 1.807) is 18.4 Å². The fourth-order valence-electron chi connectivity index (χ4n) is 3.86. The first-order valence-corrected chi connectivity index (χ1v) is 11.0. The van der Waals surface area contributed by atoms with E-state index >= 15 is 0 Å². The van der Waals surface area contributed by atoms with Crippen LogP contribution in [0, 0.1) is 0 Å². The zero-order valence-electron chi connectivity index (χ0n) is 17.0. The average molecular weight is 420 g/mol. The highest BCUT2D eigenvalue weighted by Crippen LogP contribution is 2.30. The van der Waals surface area contributed by atoms with Crippen molar-refractivity contribution in [2.24, 2.45) is 0 Å². The van der Waals surface area contributed by atoms with E-state index in [9.17, 15) is 9.59 Å². The van der Waals surface area contributed by atoms with Crippen LogP contribution < -0.4 is 10.2 Å². The van der Waals surface area contributed by atoms with E-state index in [0.717, 1.165) is 19.5 Å². The Morgan fingerprint density at radius 3 is 2.50 bits per heavy atom. The Balaban J connectivity index is 1.44. The summed E-state index contributed by atoms with van der Waals surface area (Å²) in [4.78, 5) is 30.1. The number of hydrogen-bond acceptors (Lipinski definition) is 4. The number of amides is 2. The number of nitrogens with zero attached hydrogens (tertiary/aromatic N) is 2. The fraction of sp³-hybridized carbons (Fsp3) is 0.250. The smallest absolute Gasteiger partial charge is 0.316 e. The molecule has 0 aliphatic carbocycles. The van der Waals surface area contributed by atoms with Gasteiger partial charge in [0, 0.05) is 37.2 Å². The first-order valence-electron chi connectivity index (χ1n) is 10.1. The van der Waals surface area contributed by atoms with E-state index in [0.29, 0.717) is 12.2 Å². The third-order valence-corrected chi connectivity index (χ3v) is 6.54. The van der Waals surface area contributed by atoms with Crippen molar-refractivity contribution in [1.29, 1.82) is 0 Å². The molecule has 0 radical (unpaired) electrons. The Morgan fingerprint density at radius 1 is 1.03 bits per heavy atom. The second-order valence-electron chi connectivity index (χ2n) is 7.43. The molecule has 1 N–H and O–H groups in total. The molecule has 0 fully saturated rings. The average Bonchev–Trinajstić information content (AvgIpc) is 3.33. The van der Waals surface area contributed by atoms with Gasteiger partial charge in [0.25, 0.3) is 0 Å². The number of nitrogens with one attached hydrogen (secondary N) is 1. The van der Waals surface area contributed by atoms with Crippen LogP contribution in [0.4, 0.5) is 5.69 Å². The molecule has 30 heavy (non-hydrogen) atoms. The van der Waals surface area contributed by atoms with Gasteiger partial charge in [0.05, 0.1) is 6.04 Å². The highest BCUT2D eigenvalue weighted by atomic mass is 32.1. The van der Waals surface area contributed by atoms with Crippen LogP contribution >= 0.6 is 11.3 Å². The second-order valence-corrected chi connectivity index (χ2v) is 8.41. The third-order valence-electron chi connectivity index (χ3n) is 5.57. The standard InChI is InChI=1S/C24H25N3O2S/c1-26(20-10-3-2-4-11-20)24(29)23(28)25-16-21(22-12-7-15-30-22)27-14-13-18-8-5-6-9-19(18)17-27/h2-12,15,21H,13-14,16-17H2,1H3,(H,25,28)/t21-/m1/s1. The molecule has 2 heterocycles. The zero-order valence-corrected chi connectivity index (χ0v) is 17.8. The predicted octanol–water partition coefficient (Wildman–Crippen LogP) is 3.63. The fourth-order valence-corrected chi connectivity index (χ4v) is 4.72. The number of hydrogen-bond donors (Lipinski definition) is 1. The van der Waals surface area contributed by atoms with Gasteiger partial charge in [-0.25, -0.2) is 0 Å². The van der Waals surface area contributed by atoms with E-state index < -0.39 is 11.8 Å². The Kier molecular flexibility index (Phi) is 6.26. The van der Waals surface area contributed by atoms with Gasteiger partial charge in [-0.3, -0.25) is 14.5 Å². The number of thiophene rings is 1. The van der Waals surface area contributed by atoms with Crippen LogP contribution in [0.5, 0.6) is 0 Å². The summed E-state index contributed by atoms with van der Waals surface area (Å²) in [7, 11) is 1.62.